The van der Waals surface area contributed by atoms with Crippen LogP contribution in [-0.4, -0.2) is 9.78 Å². The molecule has 1 aromatic rings. The van der Waals surface area contributed by atoms with E-state index in [1.54, 1.807) is 11.3 Å². The van der Waals surface area contributed by atoms with Gasteiger partial charge in [0.25, 0.3) is 0 Å². The summed E-state index contributed by atoms with van der Waals surface area (Å²) in [7, 11) is 0. The molecule has 2 heteroatoms. The van der Waals surface area contributed by atoms with E-state index in [1.165, 1.54) is 31.4 Å². The Morgan fingerprint density at radius 2 is 2.19 bits per heavy atom. The molecular weight excluding hydrogens is 196 g/mol. The first-order valence-electron chi connectivity index (χ1n) is 6.83. The Morgan fingerprint density at radius 3 is 2.88 bits per heavy atom. The third-order valence-electron chi connectivity index (χ3n) is 4.38. The predicted molar refractivity (Wildman–Crippen MR) is 63.6 cm³/mol. The molecule has 2 nitrogen and oxygen atoms in total. The molecule has 2 atom stereocenters. The maximum absolute atomic E-state index is 4.93. The molecule has 4 rings (SSSR count). The van der Waals surface area contributed by atoms with Gasteiger partial charge in [-0.05, 0) is 43.4 Å². The first-order chi connectivity index (χ1) is 7.74. The lowest BCUT2D eigenvalue weighted by atomic mass is 10.1. The van der Waals surface area contributed by atoms with Crippen LogP contribution in [0.5, 0.6) is 0 Å². The van der Waals surface area contributed by atoms with Crippen LogP contribution in [0.15, 0.2) is 0 Å². The van der Waals surface area contributed by atoms with Gasteiger partial charge in [-0.1, -0.05) is 13.8 Å². The lowest BCUT2D eigenvalue weighted by Gasteiger charge is -2.08. The van der Waals surface area contributed by atoms with Gasteiger partial charge in [-0.15, -0.1) is 0 Å². The first-order valence-corrected chi connectivity index (χ1v) is 6.83. The third-order valence-corrected chi connectivity index (χ3v) is 4.38. The molecule has 0 N–H and O–H groups in total. The molecule has 86 valence electrons. The number of hydrogen-bond donors (Lipinski definition) is 0. The van der Waals surface area contributed by atoms with E-state index in [1.807, 2.05) is 0 Å². The molecule has 0 radical (unpaired) electrons. The predicted octanol–water partition coefficient (Wildman–Crippen LogP) is 3.08. The topological polar surface area (TPSA) is 17.8 Å². The average molecular weight is 216 g/mol. The second-order valence-electron chi connectivity index (χ2n) is 6.40. The zero-order valence-electron chi connectivity index (χ0n) is 10.2. The van der Waals surface area contributed by atoms with Crippen molar-refractivity contribution in [2.24, 2.45) is 11.8 Å². The molecule has 2 saturated carbocycles. The second kappa shape index (κ2) is 2.91. The summed E-state index contributed by atoms with van der Waals surface area (Å²) in [4.78, 5) is 0. The van der Waals surface area contributed by atoms with Gasteiger partial charge in [0.15, 0.2) is 0 Å². The van der Waals surface area contributed by atoms with Crippen LogP contribution in [0.1, 0.15) is 61.9 Å². The van der Waals surface area contributed by atoms with Gasteiger partial charge in [-0.25, -0.2) is 0 Å². The Bertz CT molecular complexity index is 440. The van der Waals surface area contributed by atoms with E-state index in [0.29, 0.717) is 5.92 Å². The maximum Gasteiger partial charge on any atom is 0.0693 e. The molecule has 3 aliphatic carbocycles. The van der Waals surface area contributed by atoms with E-state index in [-0.39, 0.29) is 0 Å². The van der Waals surface area contributed by atoms with Gasteiger partial charge in [-0.2, -0.15) is 5.10 Å². The van der Waals surface area contributed by atoms with Crippen LogP contribution in [0.4, 0.5) is 0 Å². The van der Waals surface area contributed by atoms with Gasteiger partial charge in [-0.3, -0.25) is 4.68 Å². The van der Waals surface area contributed by atoms with Crippen molar-refractivity contribution in [3.8, 4) is 0 Å². The van der Waals surface area contributed by atoms with E-state index >= 15 is 0 Å². The molecule has 0 spiro atoms. The van der Waals surface area contributed by atoms with Crippen molar-refractivity contribution < 1.29 is 0 Å². The summed E-state index contributed by atoms with van der Waals surface area (Å²) >= 11 is 0. The second-order valence-corrected chi connectivity index (χ2v) is 6.40. The number of rotatable bonds is 3. The standard InChI is InChI=1S/C14H20N2/c1-8(2)7-16-12-6-10-5-11(10)13(12)14(15-16)9-3-4-9/h8-11H,3-7H2,1-2H3/t10-,11-/m0/s1. The number of fused-ring (bicyclic) bond motifs is 3. The molecule has 0 aliphatic heterocycles. The highest BCUT2D eigenvalue weighted by atomic mass is 15.3. The summed E-state index contributed by atoms with van der Waals surface area (Å²) in [6.07, 6.45) is 5.57. The van der Waals surface area contributed by atoms with Crippen LogP contribution in [0.3, 0.4) is 0 Å². The SMILES string of the molecule is CC(C)Cn1nc(C2CC2)c2c1C[C@@H]1C[C@H]21. The normalized spacial score (nSPS) is 30.7. The summed E-state index contributed by atoms with van der Waals surface area (Å²) in [6.45, 7) is 5.70. The largest absolute Gasteiger partial charge is 0.269 e. The van der Waals surface area contributed by atoms with Gasteiger partial charge in [0.05, 0.1) is 5.69 Å². The molecule has 0 saturated heterocycles. The van der Waals surface area contributed by atoms with E-state index in [2.05, 4.69) is 18.5 Å². The monoisotopic (exact) mass is 216 g/mol. The average Bonchev–Trinajstić information content (AvgIpc) is 3.11. The number of nitrogens with zero attached hydrogens (tertiary/aromatic N) is 2. The molecule has 16 heavy (non-hydrogen) atoms. The summed E-state index contributed by atoms with van der Waals surface area (Å²) in [5.74, 6) is 3.48. The van der Waals surface area contributed by atoms with E-state index in [9.17, 15) is 0 Å². The summed E-state index contributed by atoms with van der Waals surface area (Å²) in [6, 6.07) is 0. The lowest BCUT2D eigenvalue weighted by Crippen LogP contribution is -2.10. The Kier molecular flexibility index (Phi) is 1.68. The number of hydrogen-bond acceptors (Lipinski definition) is 1. The zero-order chi connectivity index (χ0) is 10.9. The van der Waals surface area contributed by atoms with Crippen LogP contribution in [-0.2, 0) is 13.0 Å². The van der Waals surface area contributed by atoms with Gasteiger partial charge in [0, 0.05) is 23.7 Å². The molecule has 2 fully saturated rings. The van der Waals surface area contributed by atoms with Crippen LogP contribution in [0.25, 0.3) is 0 Å². The van der Waals surface area contributed by atoms with Crippen molar-refractivity contribution in [2.45, 2.75) is 57.9 Å². The van der Waals surface area contributed by atoms with Crippen LogP contribution >= 0.6 is 0 Å². The fourth-order valence-corrected chi connectivity index (χ4v) is 3.38. The van der Waals surface area contributed by atoms with Crippen molar-refractivity contribution in [3.05, 3.63) is 17.0 Å². The van der Waals surface area contributed by atoms with Crippen molar-refractivity contribution in [1.29, 1.82) is 0 Å². The van der Waals surface area contributed by atoms with Crippen LogP contribution in [0.2, 0.25) is 0 Å². The van der Waals surface area contributed by atoms with Crippen molar-refractivity contribution in [2.75, 3.05) is 0 Å². The molecule has 0 aromatic carbocycles. The highest BCUT2D eigenvalue weighted by Crippen LogP contribution is 2.59. The van der Waals surface area contributed by atoms with Crippen molar-refractivity contribution >= 4 is 0 Å². The first kappa shape index (κ1) is 9.26. The van der Waals surface area contributed by atoms with Crippen LogP contribution < -0.4 is 0 Å². The molecule has 1 aromatic heterocycles. The minimum atomic E-state index is 0.716. The van der Waals surface area contributed by atoms with Gasteiger partial charge in [0.1, 0.15) is 0 Å². The van der Waals surface area contributed by atoms with E-state index in [4.69, 9.17) is 5.10 Å². The Hall–Kier alpha value is -0.790. The minimum absolute atomic E-state index is 0.716. The molecule has 0 bridgehead atoms. The highest BCUT2D eigenvalue weighted by molar-refractivity contribution is 5.44. The molecular formula is C14H20N2. The van der Waals surface area contributed by atoms with Gasteiger partial charge in [0.2, 0.25) is 0 Å². The Morgan fingerprint density at radius 1 is 1.38 bits per heavy atom. The third kappa shape index (κ3) is 1.22. The molecule has 0 unspecified atom stereocenters. The van der Waals surface area contributed by atoms with Crippen molar-refractivity contribution in [1.82, 2.24) is 9.78 Å². The van der Waals surface area contributed by atoms with Crippen molar-refractivity contribution in [3.63, 3.8) is 0 Å². The van der Waals surface area contributed by atoms with E-state index < -0.39 is 0 Å². The minimum Gasteiger partial charge on any atom is -0.269 e. The number of aromatic nitrogens is 2. The summed E-state index contributed by atoms with van der Waals surface area (Å²) < 4.78 is 2.35. The molecule has 3 aliphatic rings. The quantitative estimate of drug-likeness (QED) is 0.759. The Balaban J connectivity index is 1.77. The summed E-state index contributed by atoms with van der Waals surface area (Å²) in [5, 5.41) is 4.93. The molecule has 1 heterocycles. The lowest BCUT2D eigenvalue weighted by molar-refractivity contribution is 0.464. The highest BCUT2D eigenvalue weighted by Gasteiger charge is 2.50. The molecule has 0 amide bonds. The fourth-order valence-electron chi connectivity index (χ4n) is 3.38. The summed E-state index contributed by atoms with van der Waals surface area (Å²) in [5.41, 5.74) is 4.81. The van der Waals surface area contributed by atoms with Gasteiger partial charge >= 0.3 is 0 Å². The smallest absolute Gasteiger partial charge is 0.0693 e. The van der Waals surface area contributed by atoms with E-state index in [0.717, 1.165) is 24.3 Å². The fraction of sp³-hybridized carbons (Fsp3) is 0.786. The van der Waals surface area contributed by atoms with Gasteiger partial charge < -0.3 is 0 Å². The maximum atomic E-state index is 4.93. The Labute approximate surface area is 97.0 Å². The zero-order valence-corrected chi connectivity index (χ0v) is 10.2. The van der Waals surface area contributed by atoms with Crippen LogP contribution in [0, 0.1) is 11.8 Å².